The van der Waals surface area contributed by atoms with Crippen LogP contribution in [0.25, 0.3) is 0 Å². The maximum absolute atomic E-state index is 12.4. The molecule has 0 radical (unpaired) electrons. The van der Waals surface area contributed by atoms with Gasteiger partial charge in [-0.3, -0.25) is 4.79 Å². The molecular formula is C18H20N2O3. The van der Waals surface area contributed by atoms with Crippen LogP contribution in [0.2, 0.25) is 0 Å². The van der Waals surface area contributed by atoms with Gasteiger partial charge in [0.25, 0.3) is 0 Å². The van der Waals surface area contributed by atoms with E-state index in [1.54, 1.807) is 0 Å². The van der Waals surface area contributed by atoms with Gasteiger partial charge < -0.3 is 20.5 Å². The number of para-hydroxylation sites is 1. The molecule has 3 rings (SSSR count). The van der Waals surface area contributed by atoms with E-state index < -0.39 is 0 Å². The summed E-state index contributed by atoms with van der Waals surface area (Å²) in [5.74, 6) is 1.00. The molecule has 0 saturated heterocycles. The number of carbonyl (C=O) groups is 1. The fourth-order valence-corrected chi connectivity index (χ4v) is 2.60. The maximum atomic E-state index is 12.4. The Kier molecular flexibility index (Phi) is 4.48. The van der Waals surface area contributed by atoms with Crippen molar-refractivity contribution in [2.45, 2.75) is 19.5 Å². The maximum Gasteiger partial charge on any atom is 0.231 e. The molecule has 1 aliphatic rings. The summed E-state index contributed by atoms with van der Waals surface area (Å²) in [5, 5.41) is 2.92. The predicted octanol–water partition coefficient (Wildman–Crippen LogP) is 2.37. The van der Waals surface area contributed by atoms with Crippen LogP contribution in [0.3, 0.4) is 0 Å². The van der Waals surface area contributed by atoms with Crippen molar-refractivity contribution in [3.05, 3.63) is 59.7 Å². The number of benzene rings is 2. The normalized spacial score (nSPS) is 15.0. The van der Waals surface area contributed by atoms with Gasteiger partial charge in [-0.1, -0.05) is 49.4 Å². The first-order valence-corrected chi connectivity index (χ1v) is 7.62. The van der Waals surface area contributed by atoms with Crippen molar-refractivity contribution in [2.75, 3.05) is 6.79 Å². The Labute approximate surface area is 135 Å². The second kappa shape index (κ2) is 6.71. The Bertz CT molecular complexity index is 688. The lowest BCUT2D eigenvalue weighted by Crippen LogP contribution is -2.35. The Morgan fingerprint density at radius 1 is 1.17 bits per heavy atom. The average Bonchev–Trinajstić information content (AvgIpc) is 3.08. The van der Waals surface area contributed by atoms with Crippen molar-refractivity contribution in [1.29, 1.82) is 0 Å². The second-order valence-corrected chi connectivity index (χ2v) is 5.59. The molecule has 5 heteroatoms. The lowest BCUT2D eigenvalue weighted by Gasteiger charge is -2.20. The van der Waals surface area contributed by atoms with Crippen molar-refractivity contribution in [1.82, 2.24) is 5.32 Å². The van der Waals surface area contributed by atoms with E-state index in [9.17, 15) is 4.79 Å². The monoisotopic (exact) mass is 312 g/mol. The standard InChI is InChI=1S/C18H20N2O3/c1-12(16(19)13-6-3-2-4-7-13)18(21)20-10-14-8-5-9-15-17(14)23-11-22-15/h2-9,12,16H,10-11,19H2,1H3,(H,20,21). The molecule has 2 aromatic rings. The van der Waals surface area contributed by atoms with E-state index >= 15 is 0 Å². The third-order valence-electron chi connectivity index (χ3n) is 4.07. The minimum Gasteiger partial charge on any atom is -0.454 e. The van der Waals surface area contributed by atoms with E-state index in [1.165, 1.54) is 0 Å². The van der Waals surface area contributed by atoms with Crippen molar-refractivity contribution < 1.29 is 14.3 Å². The summed E-state index contributed by atoms with van der Waals surface area (Å²) in [4.78, 5) is 12.4. The van der Waals surface area contributed by atoms with Gasteiger partial charge in [0.15, 0.2) is 11.5 Å². The minimum absolute atomic E-state index is 0.0853. The van der Waals surface area contributed by atoms with Gasteiger partial charge in [0, 0.05) is 18.2 Å². The van der Waals surface area contributed by atoms with Crippen molar-refractivity contribution in [3.63, 3.8) is 0 Å². The van der Waals surface area contributed by atoms with Gasteiger partial charge in [0.1, 0.15) is 0 Å². The molecule has 0 bridgehead atoms. The number of carbonyl (C=O) groups excluding carboxylic acids is 1. The van der Waals surface area contributed by atoms with Crippen LogP contribution >= 0.6 is 0 Å². The molecule has 2 unspecified atom stereocenters. The van der Waals surface area contributed by atoms with Gasteiger partial charge in [-0.15, -0.1) is 0 Å². The largest absolute Gasteiger partial charge is 0.454 e. The molecule has 0 saturated carbocycles. The van der Waals surface area contributed by atoms with Crippen LogP contribution < -0.4 is 20.5 Å². The summed E-state index contributed by atoms with van der Waals surface area (Å²) in [6.07, 6.45) is 0. The van der Waals surface area contributed by atoms with Gasteiger partial charge >= 0.3 is 0 Å². The molecule has 120 valence electrons. The summed E-state index contributed by atoms with van der Waals surface area (Å²) in [7, 11) is 0. The molecule has 0 spiro atoms. The fraction of sp³-hybridized carbons (Fsp3) is 0.278. The highest BCUT2D eigenvalue weighted by molar-refractivity contribution is 5.79. The van der Waals surface area contributed by atoms with Gasteiger partial charge in [-0.25, -0.2) is 0 Å². The highest BCUT2D eigenvalue weighted by Gasteiger charge is 2.23. The molecule has 3 N–H and O–H groups in total. The molecule has 2 aromatic carbocycles. The second-order valence-electron chi connectivity index (χ2n) is 5.59. The van der Waals surface area contributed by atoms with E-state index in [0.717, 1.165) is 11.1 Å². The smallest absolute Gasteiger partial charge is 0.231 e. The number of fused-ring (bicyclic) bond motifs is 1. The number of rotatable bonds is 5. The van der Waals surface area contributed by atoms with Crippen LogP contribution in [-0.2, 0) is 11.3 Å². The van der Waals surface area contributed by atoms with E-state index in [0.29, 0.717) is 18.0 Å². The molecule has 2 atom stereocenters. The molecule has 0 aromatic heterocycles. The molecule has 1 heterocycles. The Morgan fingerprint density at radius 3 is 2.74 bits per heavy atom. The summed E-state index contributed by atoms with van der Waals surface area (Å²) in [6.45, 7) is 2.44. The quantitative estimate of drug-likeness (QED) is 0.889. The minimum atomic E-state index is -0.336. The number of hydrogen-bond donors (Lipinski definition) is 2. The zero-order valence-electron chi connectivity index (χ0n) is 13.0. The number of hydrogen-bond acceptors (Lipinski definition) is 4. The average molecular weight is 312 g/mol. The number of nitrogens with one attached hydrogen (secondary N) is 1. The summed E-state index contributed by atoms with van der Waals surface area (Å²) in [6, 6.07) is 14.9. The summed E-state index contributed by atoms with van der Waals surface area (Å²) < 4.78 is 10.8. The lowest BCUT2D eigenvalue weighted by molar-refractivity contribution is -0.125. The third-order valence-corrected chi connectivity index (χ3v) is 4.07. The van der Waals surface area contributed by atoms with Crippen LogP contribution in [0.5, 0.6) is 11.5 Å². The number of nitrogens with two attached hydrogens (primary N) is 1. The summed E-state index contributed by atoms with van der Waals surface area (Å²) >= 11 is 0. The van der Waals surface area contributed by atoms with Gasteiger partial charge in [0.05, 0.1) is 5.92 Å². The Balaban J connectivity index is 1.62. The Hall–Kier alpha value is -2.53. The van der Waals surface area contributed by atoms with Gasteiger partial charge in [-0.2, -0.15) is 0 Å². The Morgan fingerprint density at radius 2 is 1.96 bits per heavy atom. The molecule has 5 nitrogen and oxygen atoms in total. The topological polar surface area (TPSA) is 73.6 Å². The van der Waals surface area contributed by atoms with Crippen molar-refractivity contribution in [3.8, 4) is 11.5 Å². The fourth-order valence-electron chi connectivity index (χ4n) is 2.60. The highest BCUT2D eigenvalue weighted by Crippen LogP contribution is 2.35. The van der Waals surface area contributed by atoms with Crippen LogP contribution in [0.4, 0.5) is 0 Å². The van der Waals surface area contributed by atoms with Crippen LogP contribution in [-0.4, -0.2) is 12.7 Å². The number of amides is 1. The third kappa shape index (κ3) is 3.29. The van der Waals surface area contributed by atoms with Gasteiger partial charge in [0.2, 0.25) is 12.7 Å². The number of ether oxygens (including phenoxy) is 2. The van der Waals surface area contributed by atoms with E-state index in [2.05, 4.69) is 5.32 Å². The van der Waals surface area contributed by atoms with E-state index in [-0.39, 0.29) is 24.7 Å². The van der Waals surface area contributed by atoms with Crippen LogP contribution in [0.15, 0.2) is 48.5 Å². The molecule has 0 fully saturated rings. The van der Waals surface area contributed by atoms with E-state index in [1.807, 2.05) is 55.5 Å². The first kappa shape index (κ1) is 15.4. The molecule has 23 heavy (non-hydrogen) atoms. The van der Waals surface area contributed by atoms with Crippen molar-refractivity contribution in [2.24, 2.45) is 11.7 Å². The van der Waals surface area contributed by atoms with E-state index in [4.69, 9.17) is 15.2 Å². The van der Waals surface area contributed by atoms with Crippen LogP contribution in [0, 0.1) is 5.92 Å². The molecule has 1 amide bonds. The SMILES string of the molecule is CC(C(=O)NCc1cccc2c1OCO2)C(N)c1ccccc1. The first-order valence-electron chi connectivity index (χ1n) is 7.62. The molecule has 1 aliphatic heterocycles. The first-order chi connectivity index (χ1) is 11.2. The highest BCUT2D eigenvalue weighted by atomic mass is 16.7. The molecular weight excluding hydrogens is 292 g/mol. The lowest BCUT2D eigenvalue weighted by atomic mass is 9.94. The zero-order chi connectivity index (χ0) is 16.2. The molecule has 0 aliphatic carbocycles. The van der Waals surface area contributed by atoms with Crippen LogP contribution in [0.1, 0.15) is 24.1 Å². The van der Waals surface area contributed by atoms with Gasteiger partial charge in [-0.05, 0) is 11.6 Å². The van der Waals surface area contributed by atoms with Crippen molar-refractivity contribution >= 4 is 5.91 Å². The summed E-state index contributed by atoms with van der Waals surface area (Å²) in [5.41, 5.74) is 8.04. The zero-order valence-corrected chi connectivity index (χ0v) is 13.0. The predicted molar refractivity (Wildman–Crippen MR) is 86.9 cm³/mol.